The fraction of sp³-hybridized carbons (Fsp3) is 0.238. The second-order valence-corrected chi connectivity index (χ2v) is 6.31. The number of rotatable bonds is 2. The van der Waals surface area contributed by atoms with Crippen LogP contribution < -0.4 is 4.90 Å². The SMILES string of the molecule is CN1C(=C=CC=CC2=C(C#N)COC2(C)C)C=Cc2ccccc21. The van der Waals surface area contributed by atoms with Crippen LogP contribution in [0.5, 0.6) is 0 Å². The van der Waals surface area contributed by atoms with Gasteiger partial charge in [-0.1, -0.05) is 42.2 Å². The molecule has 2 heterocycles. The topological polar surface area (TPSA) is 36.3 Å². The van der Waals surface area contributed by atoms with Gasteiger partial charge in [-0.05, 0) is 43.2 Å². The van der Waals surface area contributed by atoms with E-state index < -0.39 is 5.60 Å². The lowest BCUT2D eigenvalue weighted by Crippen LogP contribution is -2.20. The number of likely N-dealkylation sites (N-methyl/N-ethyl adjacent to an activating group) is 1. The third kappa shape index (κ3) is 2.98. The van der Waals surface area contributed by atoms with Crippen LogP contribution in [0.3, 0.4) is 0 Å². The largest absolute Gasteiger partial charge is 0.365 e. The molecule has 3 nitrogen and oxygen atoms in total. The van der Waals surface area contributed by atoms with Crippen molar-refractivity contribution in [3.8, 4) is 6.07 Å². The fourth-order valence-corrected chi connectivity index (χ4v) is 2.93. The molecule has 1 aromatic carbocycles. The van der Waals surface area contributed by atoms with Crippen molar-refractivity contribution in [2.75, 3.05) is 18.6 Å². The lowest BCUT2D eigenvalue weighted by molar-refractivity contribution is 0.0511. The highest BCUT2D eigenvalue weighted by molar-refractivity contribution is 5.75. The highest BCUT2D eigenvalue weighted by Crippen LogP contribution is 2.32. The van der Waals surface area contributed by atoms with E-state index in [0.29, 0.717) is 12.2 Å². The molecule has 0 fully saturated rings. The predicted octanol–water partition coefficient (Wildman–Crippen LogP) is 4.37. The first-order chi connectivity index (χ1) is 11.5. The maximum atomic E-state index is 9.19. The summed E-state index contributed by atoms with van der Waals surface area (Å²) < 4.78 is 5.65. The predicted molar refractivity (Wildman–Crippen MR) is 97.3 cm³/mol. The number of allylic oxidation sites excluding steroid dienone is 2. The number of nitrogens with zero attached hydrogens (tertiary/aromatic N) is 2. The maximum Gasteiger partial charge on any atom is 0.0975 e. The number of hydrogen-bond donors (Lipinski definition) is 0. The van der Waals surface area contributed by atoms with E-state index in [-0.39, 0.29) is 0 Å². The average molecular weight is 316 g/mol. The Kier molecular flexibility index (Phi) is 4.27. The summed E-state index contributed by atoms with van der Waals surface area (Å²) in [6.07, 6.45) is 9.88. The van der Waals surface area contributed by atoms with Crippen molar-refractivity contribution >= 4 is 11.8 Å². The standard InChI is InChI=1S/C21H20N2O/c1-21(2)19(17(14-22)15-24-21)10-6-5-9-18-13-12-16-8-4-7-11-20(16)23(18)3/h4-8,10-13H,15H2,1-3H3. The molecule has 2 aliphatic heterocycles. The van der Waals surface area contributed by atoms with Crippen LogP contribution in [0.2, 0.25) is 0 Å². The van der Waals surface area contributed by atoms with E-state index in [4.69, 9.17) is 4.74 Å². The van der Waals surface area contributed by atoms with Crippen LogP contribution in [0.4, 0.5) is 5.69 Å². The van der Waals surface area contributed by atoms with Gasteiger partial charge in [0.2, 0.25) is 0 Å². The number of benzene rings is 1. The zero-order valence-corrected chi connectivity index (χ0v) is 14.2. The van der Waals surface area contributed by atoms with Gasteiger partial charge in [-0.2, -0.15) is 5.26 Å². The van der Waals surface area contributed by atoms with E-state index >= 15 is 0 Å². The normalized spacial score (nSPS) is 18.6. The molecule has 0 spiro atoms. The van der Waals surface area contributed by atoms with Gasteiger partial charge in [-0.3, -0.25) is 0 Å². The molecular formula is C21H20N2O. The van der Waals surface area contributed by atoms with E-state index in [1.807, 2.05) is 51.3 Å². The smallest absolute Gasteiger partial charge is 0.0975 e. The third-order valence-electron chi connectivity index (χ3n) is 4.36. The number of ether oxygens (including phenoxy) is 1. The Morgan fingerprint density at radius 1 is 1.25 bits per heavy atom. The molecule has 0 N–H and O–H groups in total. The van der Waals surface area contributed by atoms with Gasteiger partial charge in [-0.15, -0.1) is 0 Å². The molecule has 0 atom stereocenters. The zero-order valence-electron chi connectivity index (χ0n) is 14.2. The number of nitriles is 1. The molecule has 2 aliphatic rings. The summed E-state index contributed by atoms with van der Waals surface area (Å²) in [5, 5.41) is 9.19. The van der Waals surface area contributed by atoms with Gasteiger partial charge >= 0.3 is 0 Å². The zero-order chi connectivity index (χ0) is 17.2. The Balaban J connectivity index is 1.85. The van der Waals surface area contributed by atoms with E-state index in [9.17, 15) is 5.26 Å². The van der Waals surface area contributed by atoms with Crippen molar-refractivity contribution in [2.45, 2.75) is 19.4 Å². The number of para-hydroxylation sites is 1. The molecule has 0 saturated carbocycles. The van der Waals surface area contributed by atoms with Crippen molar-refractivity contribution in [3.63, 3.8) is 0 Å². The average Bonchev–Trinajstić information content (AvgIpc) is 2.87. The first kappa shape index (κ1) is 16.1. The molecule has 120 valence electrons. The minimum absolute atomic E-state index is 0.385. The van der Waals surface area contributed by atoms with E-state index in [1.165, 1.54) is 11.3 Å². The Morgan fingerprint density at radius 2 is 2.04 bits per heavy atom. The molecule has 0 amide bonds. The molecule has 0 unspecified atom stereocenters. The Bertz CT molecular complexity index is 856. The molecule has 24 heavy (non-hydrogen) atoms. The summed E-state index contributed by atoms with van der Waals surface area (Å²) in [6.45, 7) is 4.35. The van der Waals surface area contributed by atoms with Crippen LogP contribution in [-0.4, -0.2) is 19.3 Å². The van der Waals surface area contributed by atoms with Gasteiger partial charge in [-0.25, -0.2) is 0 Å². The van der Waals surface area contributed by atoms with E-state index in [0.717, 1.165) is 11.3 Å². The third-order valence-corrected chi connectivity index (χ3v) is 4.36. The summed E-state index contributed by atoms with van der Waals surface area (Å²) >= 11 is 0. The fourth-order valence-electron chi connectivity index (χ4n) is 2.93. The van der Waals surface area contributed by atoms with Gasteiger partial charge in [0, 0.05) is 12.7 Å². The summed E-state index contributed by atoms with van der Waals surface area (Å²) in [4.78, 5) is 2.11. The molecule has 3 heteroatoms. The van der Waals surface area contributed by atoms with Crippen molar-refractivity contribution in [1.82, 2.24) is 0 Å². The molecule has 0 bridgehead atoms. The molecule has 0 aromatic heterocycles. The maximum absolute atomic E-state index is 9.19. The van der Waals surface area contributed by atoms with Crippen molar-refractivity contribution < 1.29 is 4.74 Å². The molecule has 0 aliphatic carbocycles. The Hall–Kier alpha value is -2.79. The van der Waals surface area contributed by atoms with E-state index in [2.05, 4.69) is 41.0 Å². The number of fused-ring (bicyclic) bond motifs is 1. The summed E-state index contributed by atoms with van der Waals surface area (Å²) in [7, 11) is 2.03. The number of anilines is 1. The first-order valence-electron chi connectivity index (χ1n) is 7.95. The van der Waals surface area contributed by atoms with Crippen LogP contribution in [0.1, 0.15) is 19.4 Å². The Labute approximate surface area is 143 Å². The van der Waals surface area contributed by atoms with E-state index in [1.54, 1.807) is 0 Å². The monoisotopic (exact) mass is 316 g/mol. The minimum Gasteiger partial charge on any atom is -0.365 e. The van der Waals surface area contributed by atoms with Crippen molar-refractivity contribution in [2.24, 2.45) is 0 Å². The van der Waals surface area contributed by atoms with Crippen molar-refractivity contribution in [3.05, 3.63) is 76.7 Å². The quantitative estimate of drug-likeness (QED) is 0.600. The van der Waals surface area contributed by atoms with Gasteiger partial charge in [0.05, 0.1) is 29.5 Å². The Morgan fingerprint density at radius 3 is 2.83 bits per heavy atom. The first-order valence-corrected chi connectivity index (χ1v) is 7.95. The lowest BCUT2D eigenvalue weighted by atomic mass is 9.96. The summed E-state index contributed by atoms with van der Waals surface area (Å²) in [6, 6.07) is 10.5. The second kappa shape index (κ2) is 6.37. The van der Waals surface area contributed by atoms with Crippen LogP contribution in [0.15, 0.2) is 71.1 Å². The summed E-state index contributed by atoms with van der Waals surface area (Å²) in [5.74, 6) is 0. The van der Waals surface area contributed by atoms with Crippen molar-refractivity contribution in [1.29, 1.82) is 5.26 Å². The highest BCUT2D eigenvalue weighted by atomic mass is 16.5. The van der Waals surface area contributed by atoms with Gasteiger partial charge < -0.3 is 9.64 Å². The minimum atomic E-state index is -0.414. The highest BCUT2D eigenvalue weighted by Gasteiger charge is 2.31. The van der Waals surface area contributed by atoms with Gasteiger partial charge in [0.1, 0.15) is 0 Å². The van der Waals surface area contributed by atoms with Crippen LogP contribution in [0.25, 0.3) is 6.08 Å². The molecule has 1 aromatic rings. The molecule has 0 radical (unpaired) electrons. The second-order valence-electron chi connectivity index (χ2n) is 6.31. The molecule has 0 saturated heterocycles. The lowest BCUT2D eigenvalue weighted by Gasteiger charge is -2.24. The molecular weight excluding hydrogens is 296 g/mol. The van der Waals surface area contributed by atoms with Gasteiger partial charge in [0.15, 0.2) is 0 Å². The van der Waals surface area contributed by atoms with Gasteiger partial charge in [0.25, 0.3) is 0 Å². The van der Waals surface area contributed by atoms with Crippen LogP contribution in [-0.2, 0) is 4.74 Å². The van der Waals surface area contributed by atoms with Crippen LogP contribution in [0, 0.1) is 11.3 Å². The number of hydrogen-bond acceptors (Lipinski definition) is 3. The van der Waals surface area contributed by atoms with Crippen LogP contribution >= 0.6 is 0 Å². The molecule has 3 rings (SSSR count). The summed E-state index contributed by atoms with van der Waals surface area (Å²) in [5.41, 5.74) is 7.88.